The van der Waals surface area contributed by atoms with Crippen LogP contribution in [-0.4, -0.2) is 43.0 Å². The van der Waals surface area contributed by atoms with Crippen LogP contribution in [0.2, 0.25) is 0 Å². The van der Waals surface area contributed by atoms with Crippen molar-refractivity contribution in [3.63, 3.8) is 0 Å². The van der Waals surface area contributed by atoms with Gasteiger partial charge in [0.2, 0.25) is 5.91 Å². The molecule has 0 saturated carbocycles. The number of likely N-dealkylation sites (N-methyl/N-ethyl adjacent to an activating group) is 1. The average Bonchev–Trinajstić information content (AvgIpc) is 2.50. The van der Waals surface area contributed by atoms with Crippen LogP contribution in [0.3, 0.4) is 0 Å². The molecular formula is C14H20FN3O. The van der Waals surface area contributed by atoms with Crippen LogP contribution in [0.5, 0.6) is 0 Å². The number of carbonyl (C=O) groups is 1. The minimum absolute atomic E-state index is 0.00300. The summed E-state index contributed by atoms with van der Waals surface area (Å²) < 4.78 is 13.4. The highest BCUT2D eigenvalue weighted by Crippen LogP contribution is 2.23. The van der Waals surface area contributed by atoms with Crippen LogP contribution in [-0.2, 0) is 4.79 Å². The van der Waals surface area contributed by atoms with Crippen molar-refractivity contribution in [1.29, 1.82) is 0 Å². The molecule has 1 fully saturated rings. The fraction of sp³-hybridized carbons (Fsp3) is 0.500. The van der Waals surface area contributed by atoms with Gasteiger partial charge in [0.05, 0.1) is 0 Å². The Morgan fingerprint density at radius 1 is 1.47 bits per heavy atom. The molecule has 2 N–H and O–H groups in total. The Hall–Kier alpha value is -1.62. The highest BCUT2D eigenvalue weighted by atomic mass is 19.1. The molecule has 1 saturated heterocycles. The van der Waals surface area contributed by atoms with Crippen molar-refractivity contribution in [2.24, 2.45) is 5.73 Å². The number of halogens is 1. The van der Waals surface area contributed by atoms with E-state index in [0.717, 1.165) is 6.42 Å². The van der Waals surface area contributed by atoms with E-state index in [0.29, 0.717) is 12.2 Å². The molecular weight excluding hydrogens is 245 g/mol. The fourth-order valence-corrected chi connectivity index (χ4v) is 2.45. The molecule has 1 amide bonds. The van der Waals surface area contributed by atoms with Gasteiger partial charge in [-0.1, -0.05) is 6.07 Å². The normalized spacial score (nSPS) is 24.5. The van der Waals surface area contributed by atoms with Gasteiger partial charge in [-0.25, -0.2) is 4.39 Å². The van der Waals surface area contributed by atoms with E-state index in [1.165, 1.54) is 12.1 Å². The summed E-state index contributed by atoms with van der Waals surface area (Å²) in [5, 5.41) is 0. The van der Waals surface area contributed by atoms with Crippen LogP contribution in [0.1, 0.15) is 13.3 Å². The Morgan fingerprint density at radius 2 is 2.21 bits per heavy atom. The van der Waals surface area contributed by atoms with Gasteiger partial charge in [-0.05, 0) is 31.5 Å². The minimum atomic E-state index is -0.420. The molecule has 1 aromatic rings. The van der Waals surface area contributed by atoms with Crippen LogP contribution < -0.4 is 10.6 Å². The van der Waals surface area contributed by atoms with Crippen molar-refractivity contribution < 1.29 is 9.18 Å². The number of nitrogens with two attached hydrogens (primary N) is 1. The molecule has 1 aliphatic heterocycles. The maximum absolute atomic E-state index is 13.4. The minimum Gasteiger partial charge on any atom is -0.358 e. The van der Waals surface area contributed by atoms with Gasteiger partial charge in [0.15, 0.2) is 0 Å². The first-order valence-electron chi connectivity index (χ1n) is 6.53. The molecule has 0 aromatic heterocycles. The molecule has 1 heterocycles. The highest BCUT2D eigenvalue weighted by Gasteiger charge is 2.33. The zero-order chi connectivity index (χ0) is 14.0. The molecule has 19 heavy (non-hydrogen) atoms. The van der Waals surface area contributed by atoms with Gasteiger partial charge < -0.3 is 15.5 Å². The SMILES string of the molecule is CC1CCN(c2cccc(F)c2)C(CN)C(=O)N1C. The van der Waals surface area contributed by atoms with E-state index in [4.69, 9.17) is 5.73 Å². The van der Waals surface area contributed by atoms with Gasteiger partial charge in [0.25, 0.3) is 0 Å². The zero-order valence-corrected chi connectivity index (χ0v) is 11.3. The summed E-state index contributed by atoms with van der Waals surface area (Å²) in [5.74, 6) is -0.303. The van der Waals surface area contributed by atoms with Crippen molar-refractivity contribution in [1.82, 2.24) is 4.90 Å². The second kappa shape index (κ2) is 5.57. The first kappa shape index (κ1) is 13.8. The second-order valence-electron chi connectivity index (χ2n) is 5.01. The highest BCUT2D eigenvalue weighted by molar-refractivity contribution is 5.86. The van der Waals surface area contributed by atoms with E-state index in [-0.39, 0.29) is 24.3 Å². The van der Waals surface area contributed by atoms with Crippen LogP contribution in [0.25, 0.3) is 0 Å². The second-order valence-corrected chi connectivity index (χ2v) is 5.01. The zero-order valence-electron chi connectivity index (χ0n) is 11.3. The smallest absolute Gasteiger partial charge is 0.246 e. The summed E-state index contributed by atoms with van der Waals surface area (Å²) in [6, 6.07) is 6.06. The van der Waals surface area contributed by atoms with Crippen molar-refractivity contribution in [2.75, 3.05) is 25.0 Å². The Kier molecular flexibility index (Phi) is 4.04. The molecule has 0 bridgehead atoms. The number of hydrogen-bond acceptors (Lipinski definition) is 3. The summed E-state index contributed by atoms with van der Waals surface area (Å²) in [5.41, 5.74) is 6.47. The van der Waals surface area contributed by atoms with E-state index in [9.17, 15) is 9.18 Å². The Balaban J connectivity index is 2.35. The van der Waals surface area contributed by atoms with Gasteiger partial charge >= 0.3 is 0 Å². The number of benzene rings is 1. The molecule has 104 valence electrons. The summed E-state index contributed by atoms with van der Waals surface area (Å²) in [6.07, 6.45) is 0.843. The van der Waals surface area contributed by atoms with Gasteiger partial charge in [-0.3, -0.25) is 4.79 Å². The molecule has 1 aromatic carbocycles. The van der Waals surface area contributed by atoms with Crippen molar-refractivity contribution in [2.45, 2.75) is 25.4 Å². The number of rotatable bonds is 2. The van der Waals surface area contributed by atoms with Gasteiger partial charge in [-0.2, -0.15) is 0 Å². The summed E-state index contributed by atoms with van der Waals surface area (Å²) in [6.45, 7) is 2.94. The van der Waals surface area contributed by atoms with E-state index in [1.54, 1.807) is 18.0 Å². The van der Waals surface area contributed by atoms with E-state index >= 15 is 0 Å². The summed E-state index contributed by atoms with van der Waals surface area (Å²) in [7, 11) is 1.80. The maximum Gasteiger partial charge on any atom is 0.246 e. The van der Waals surface area contributed by atoms with Gasteiger partial charge in [0, 0.05) is 31.9 Å². The quantitative estimate of drug-likeness (QED) is 0.874. The van der Waals surface area contributed by atoms with Crippen molar-refractivity contribution in [3.8, 4) is 0 Å². The largest absolute Gasteiger partial charge is 0.358 e. The predicted octanol–water partition coefficient (Wildman–Crippen LogP) is 1.21. The molecule has 0 spiro atoms. The van der Waals surface area contributed by atoms with Gasteiger partial charge in [-0.15, -0.1) is 0 Å². The summed E-state index contributed by atoms with van der Waals surface area (Å²) >= 11 is 0. The van der Waals surface area contributed by atoms with Gasteiger partial charge in [0.1, 0.15) is 11.9 Å². The molecule has 1 aliphatic rings. The standard InChI is InChI=1S/C14H20FN3O/c1-10-6-7-18(12-5-3-4-11(15)8-12)13(9-16)14(19)17(10)2/h3-5,8,10,13H,6-7,9,16H2,1-2H3. The Labute approximate surface area is 113 Å². The lowest BCUT2D eigenvalue weighted by Gasteiger charge is -2.31. The molecule has 0 radical (unpaired) electrons. The third-order valence-electron chi connectivity index (χ3n) is 3.82. The third-order valence-corrected chi connectivity index (χ3v) is 3.82. The van der Waals surface area contributed by atoms with Crippen LogP contribution in [0.4, 0.5) is 10.1 Å². The third kappa shape index (κ3) is 2.71. The van der Waals surface area contributed by atoms with Crippen molar-refractivity contribution in [3.05, 3.63) is 30.1 Å². The summed E-state index contributed by atoms with van der Waals surface area (Å²) in [4.78, 5) is 16.0. The number of amides is 1. The lowest BCUT2D eigenvalue weighted by Crippen LogP contribution is -2.50. The number of anilines is 1. The maximum atomic E-state index is 13.4. The Morgan fingerprint density at radius 3 is 2.84 bits per heavy atom. The van der Waals surface area contributed by atoms with Crippen LogP contribution in [0.15, 0.2) is 24.3 Å². The lowest BCUT2D eigenvalue weighted by atomic mass is 10.2. The molecule has 5 heteroatoms. The topological polar surface area (TPSA) is 49.6 Å². The predicted molar refractivity (Wildman–Crippen MR) is 73.4 cm³/mol. The fourth-order valence-electron chi connectivity index (χ4n) is 2.45. The first-order valence-corrected chi connectivity index (χ1v) is 6.53. The number of hydrogen-bond donors (Lipinski definition) is 1. The lowest BCUT2D eigenvalue weighted by molar-refractivity contribution is -0.132. The first-order chi connectivity index (χ1) is 9.04. The molecule has 0 aliphatic carbocycles. The molecule has 2 atom stereocenters. The van der Waals surface area contributed by atoms with Crippen LogP contribution >= 0.6 is 0 Å². The molecule has 4 nitrogen and oxygen atoms in total. The number of nitrogens with zero attached hydrogens (tertiary/aromatic N) is 2. The molecule has 2 rings (SSSR count). The Bertz CT molecular complexity index is 466. The monoisotopic (exact) mass is 265 g/mol. The van der Waals surface area contributed by atoms with E-state index in [2.05, 4.69) is 0 Å². The van der Waals surface area contributed by atoms with Crippen LogP contribution in [0, 0.1) is 5.82 Å². The average molecular weight is 265 g/mol. The van der Waals surface area contributed by atoms with E-state index < -0.39 is 6.04 Å². The number of carbonyl (C=O) groups excluding carboxylic acids is 1. The van der Waals surface area contributed by atoms with Crippen molar-refractivity contribution >= 4 is 11.6 Å². The van der Waals surface area contributed by atoms with E-state index in [1.807, 2.05) is 17.9 Å². The molecule has 2 unspecified atom stereocenters.